The van der Waals surface area contributed by atoms with Gasteiger partial charge in [-0.2, -0.15) is 0 Å². The van der Waals surface area contributed by atoms with Crippen LogP contribution in [0.15, 0.2) is 30.3 Å². The highest BCUT2D eigenvalue weighted by Crippen LogP contribution is 2.30. The summed E-state index contributed by atoms with van der Waals surface area (Å²) in [7, 11) is 0. The molecule has 1 unspecified atom stereocenters. The van der Waals surface area contributed by atoms with Gasteiger partial charge in [-0.25, -0.2) is 0 Å². The minimum atomic E-state index is -0.652. The predicted octanol–water partition coefficient (Wildman–Crippen LogP) is 2.74. The Morgan fingerprint density at radius 2 is 1.80 bits per heavy atom. The molecule has 0 radical (unpaired) electrons. The van der Waals surface area contributed by atoms with E-state index in [0.717, 1.165) is 25.7 Å². The second-order valence-electron chi connectivity index (χ2n) is 6.65. The Kier molecular flexibility index (Phi) is 4.19. The van der Waals surface area contributed by atoms with Crippen molar-refractivity contribution in [2.24, 2.45) is 5.73 Å². The van der Waals surface area contributed by atoms with E-state index in [4.69, 9.17) is 5.73 Å². The predicted molar refractivity (Wildman–Crippen MR) is 82.5 cm³/mol. The van der Waals surface area contributed by atoms with Crippen LogP contribution >= 0.6 is 0 Å². The molecule has 3 heteroatoms. The minimum absolute atomic E-state index is 0.00602. The summed E-state index contributed by atoms with van der Waals surface area (Å²) in [5.41, 5.74) is 6.68. The lowest BCUT2D eigenvalue weighted by molar-refractivity contribution is -0.127. The van der Waals surface area contributed by atoms with Gasteiger partial charge >= 0.3 is 0 Å². The van der Waals surface area contributed by atoms with E-state index in [-0.39, 0.29) is 17.4 Å². The van der Waals surface area contributed by atoms with Crippen LogP contribution in [0.5, 0.6) is 0 Å². The molecule has 2 rings (SSSR count). The Labute approximate surface area is 121 Å². The van der Waals surface area contributed by atoms with Crippen molar-refractivity contribution in [2.75, 3.05) is 0 Å². The average molecular weight is 274 g/mol. The van der Waals surface area contributed by atoms with Crippen LogP contribution in [-0.2, 0) is 10.2 Å². The molecule has 0 bridgehead atoms. The number of benzene rings is 1. The van der Waals surface area contributed by atoms with E-state index < -0.39 is 5.54 Å². The zero-order chi connectivity index (χ0) is 14.8. The maximum absolute atomic E-state index is 12.4. The standard InChI is InChI=1S/C17H26N2O/c1-13(16(2,3)14-9-5-4-6-10-14)19-15(20)17(18)11-7-8-12-17/h4-6,9-10,13H,7-8,11-12,18H2,1-3H3,(H,19,20). The van der Waals surface area contributed by atoms with Gasteiger partial charge in [-0.15, -0.1) is 0 Å². The third kappa shape index (κ3) is 2.88. The van der Waals surface area contributed by atoms with Crippen LogP contribution in [0, 0.1) is 0 Å². The molecule has 3 nitrogen and oxygen atoms in total. The van der Waals surface area contributed by atoms with E-state index in [0.29, 0.717) is 0 Å². The van der Waals surface area contributed by atoms with Crippen LogP contribution in [0.25, 0.3) is 0 Å². The maximum atomic E-state index is 12.4. The highest BCUT2D eigenvalue weighted by Gasteiger charge is 2.39. The molecule has 1 saturated carbocycles. The van der Waals surface area contributed by atoms with Crippen molar-refractivity contribution < 1.29 is 4.79 Å². The molecule has 110 valence electrons. The number of rotatable bonds is 4. The lowest BCUT2D eigenvalue weighted by Gasteiger charge is -2.35. The van der Waals surface area contributed by atoms with E-state index in [1.807, 2.05) is 18.2 Å². The number of carbonyl (C=O) groups excluding carboxylic acids is 1. The lowest BCUT2D eigenvalue weighted by Crippen LogP contribution is -2.57. The van der Waals surface area contributed by atoms with Crippen molar-refractivity contribution in [3.63, 3.8) is 0 Å². The molecule has 20 heavy (non-hydrogen) atoms. The molecule has 1 aliphatic rings. The normalized spacial score (nSPS) is 19.6. The SMILES string of the molecule is CC(NC(=O)C1(N)CCCC1)C(C)(C)c1ccccc1. The molecule has 0 spiro atoms. The molecule has 1 atom stereocenters. The van der Waals surface area contributed by atoms with Gasteiger partial charge in [0.15, 0.2) is 0 Å². The first kappa shape index (κ1) is 15.0. The Hall–Kier alpha value is -1.35. The molecular formula is C17H26N2O. The van der Waals surface area contributed by atoms with Gasteiger partial charge in [0.1, 0.15) is 0 Å². The zero-order valence-electron chi connectivity index (χ0n) is 12.8. The Bertz CT molecular complexity index is 461. The van der Waals surface area contributed by atoms with Crippen molar-refractivity contribution in [2.45, 2.75) is 63.5 Å². The van der Waals surface area contributed by atoms with E-state index in [1.54, 1.807) is 0 Å². The van der Waals surface area contributed by atoms with Crippen LogP contribution in [0.2, 0.25) is 0 Å². The highest BCUT2D eigenvalue weighted by atomic mass is 16.2. The molecule has 0 aromatic heterocycles. The van der Waals surface area contributed by atoms with E-state index in [9.17, 15) is 4.79 Å². The number of nitrogens with two attached hydrogens (primary N) is 1. The summed E-state index contributed by atoms with van der Waals surface area (Å²) in [5.74, 6) is 0.00602. The van der Waals surface area contributed by atoms with E-state index in [1.165, 1.54) is 5.56 Å². The highest BCUT2D eigenvalue weighted by molar-refractivity contribution is 5.86. The Morgan fingerprint density at radius 1 is 1.25 bits per heavy atom. The molecule has 1 amide bonds. The summed E-state index contributed by atoms with van der Waals surface area (Å²) >= 11 is 0. The molecular weight excluding hydrogens is 248 g/mol. The van der Waals surface area contributed by atoms with E-state index >= 15 is 0 Å². The summed E-state index contributed by atoms with van der Waals surface area (Å²) in [6.07, 6.45) is 3.72. The van der Waals surface area contributed by atoms with Crippen LogP contribution < -0.4 is 11.1 Å². The van der Waals surface area contributed by atoms with Gasteiger partial charge in [-0.05, 0) is 25.3 Å². The van der Waals surface area contributed by atoms with Gasteiger partial charge in [0.25, 0.3) is 0 Å². The maximum Gasteiger partial charge on any atom is 0.240 e. The third-order valence-corrected chi connectivity index (χ3v) is 4.90. The second kappa shape index (κ2) is 5.57. The van der Waals surface area contributed by atoms with Crippen LogP contribution in [-0.4, -0.2) is 17.5 Å². The first-order chi connectivity index (χ1) is 9.36. The molecule has 0 aliphatic heterocycles. The zero-order valence-corrected chi connectivity index (χ0v) is 12.8. The summed E-state index contributed by atoms with van der Waals surface area (Å²) in [5, 5.41) is 3.14. The summed E-state index contributed by atoms with van der Waals surface area (Å²) in [6, 6.07) is 10.3. The monoisotopic (exact) mass is 274 g/mol. The molecule has 1 aromatic rings. The molecule has 3 N–H and O–H groups in total. The van der Waals surface area contributed by atoms with Gasteiger partial charge in [-0.1, -0.05) is 57.0 Å². The molecule has 1 aliphatic carbocycles. The largest absolute Gasteiger partial charge is 0.351 e. The van der Waals surface area contributed by atoms with Crippen molar-refractivity contribution in [1.29, 1.82) is 0 Å². The third-order valence-electron chi connectivity index (χ3n) is 4.90. The van der Waals surface area contributed by atoms with Gasteiger partial charge in [0, 0.05) is 11.5 Å². The van der Waals surface area contributed by atoms with Gasteiger partial charge in [0.2, 0.25) is 5.91 Å². The van der Waals surface area contributed by atoms with Crippen LogP contribution in [0.1, 0.15) is 52.0 Å². The molecule has 1 fully saturated rings. The Morgan fingerprint density at radius 3 is 2.35 bits per heavy atom. The van der Waals surface area contributed by atoms with Gasteiger partial charge in [0.05, 0.1) is 5.54 Å². The fourth-order valence-corrected chi connectivity index (χ4v) is 2.87. The average Bonchev–Trinajstić information content (AvgIpc) is 2.88. The first-order valence-corrected chi connectivity index (χ1v) is 7.52. The molecule has 0 saturated heterocycles. The number of hydrogen-bond donors (Lipinski definition) is 2. The molecule has 0 heterocycles. The minimum Gasteiger partial charge on any atom is -0.351 e. The second-order valence-corrected chi connectivity index (χ2v) is 6.65. The van der Waals surface area contributed by atoms with Gasteiger partial charge in [-0.3, -0.25) is 4.79 Å². The van der Waals surface area contributed by atoms with Gasteiger partial charge < -0.3 is 11.1 Å². The number of amides is 1. The Balaban J connectivity index is 2.07. The first-order valence-electron chi connectivity index (χ1n) is 7.52. The summed E-state index contributed by atoms with van der Waals surface area (Å²) in [4.78, 5) is 12.4. The number of hydrogen-bond acceptors (Lipinski definition) is 2. The summed E-state index contributed by atoms with van der Waals surface area (Å²) in [6.45, 7) is 6.37. The smallest absolute Gasteiger partial charge is 0.240 e. The van der Waals surface area contributed by atoms with Crippen molar-refractivity contribution in [3.05, 3.63) is 35.9 Å². The fraction of sp³-hybridized carbons (Fsp3) is 0.588. The van der Waals surface area contributed by atoms with Crippen molar-refractivity contribution in [3.8, 4) is 0 Å². The van der Waals surface area contributed by atoms with Crippen LogP contribution in [0.4, 0.5) is 0 Å². The van der Waals surface area contributed by atoms with E-state index in [2.05, 4.69) is 38.2 Å². The fourth-order valence-electron chi connectivity index (χ4n) is 2.87. The van der Waals surface area contributed by atoms with Crippen LogP contribution in [0.3, 0.4) is 0 Å². The topological polar surface area (TPSA) is 55.1 Å². The quantitative estimate of drug-likeness (QED) is 0.887. The number of nitrogens with one attached hydrogen (secondary N) is 1. The lowest BCUT2D eigenvalue weighted by atomic mass is 9.78. The molecule has 1 aromatic carbocycles. The van der Waals surface area contributed by atoms with Crippen molar-refractivity contribution in [1.82, 2.24) is 5.32 Å². The van der Waals surface area contributed by atoms with Crippen molar-refractivity contribution >= 4 is 5.91 Å². The number of carbonyl (C=O) groups is 1. The summed E-state index contributed by atoms with van der Waals surface area (Å²) < 4.78 is 0.